The van der Waals surface area contributed by atoms with Gasteiger partial charge in [0.1, 0.15) is 10.8 Å². The molecule has 0 bridgehead atoms. The van der Waals surface area contributed by atoms with E-state index in [4.69, 9.17) is 0 Å². The summed E-state index contributed by atoms with van der Waals surface area (Å²) in [6, 6.07) is 12.7. The number of likely N-dealkylation sites (tertiary alicyclic amines) is 1. The highest BCUT2D eigenvalue weighted by Gasteiger charge is 2.25. The minimum atomic E-state index is -0.246. The van der Waals surface area contributed by atoms with E-state index in [0.717, 1.165) is 23.7 Å². The maximum absolute atomic E-state index is 12.5. The van der Waals surface area contributed by atoms with E-state index >= 15 is 0 Å². The maximum atomic E-state index is 12.5. The number of hydrogen-bond acceptors (Lipinski definition) is 5. The average Bonchev–Trinajstić information content (AvgIpc) is 3.42. The van der Waals surface area contributed by atoms with Gasteiger partial charge in [-0.25, -0.2) is 14.5 Å². The molecule has 4 rings (SSSR count). The van der Waals surface area contributed by atoms with E-state index in [1.807, 2.05) is 23.6 Å². The van der Waals surface area contributed by atoms with Gasteiger partial charge in [-0.1, -0.05) is 18.2 Å². The lowest BCUT2D eigenvalue weighted by Gasteiger charge is -2.32. The summed E-state index contributed by atoms with van der Waals surface area (Å²) < 4.78 is 1.63. The van der Waals surface area contributed by atoms with E-state index in [9.17, 15) is 14.4 Å². The van der Waals surface area contributed by atoms with Crippen LogP contribution < -0.4 is 11.0 Å². The predicted molar refractivity (Wildman–Crippen MR) is 114 cm³/mol. The first-order chi connectivity index (χ1) is 14.6. The molecular weight excluding hydrogens is 402 g/mol. The van der Waals surface area contributed by atoms with Gasteiger partial charge in [0.05, 0.1) is 6.54 Å². The van der Waals surface area contributed by atoms with Crippen molar-refractivity contribution in [2.75, 3.05) is 19.6 Å². The predicted octanol–water partition coefficient (Wildman–Crippen LogP) is 1.83. The molecule has 2 amide bonds. The fourth-order valence-corrected chi connectivity index (χ4v) is 4.44. The van der Waals surface area contributed by atoms with Gasteiger partial charge >= 0.3 is 5.69 Å². The molecule has 8 nitrogen and oxygen atoms in total. The van der Waals surface area contributed by atoms with Gasteiger partial charge in [-0.2, -0.15) is 5.10 Å². The molecule has 3 aromatic rings. The van der Waals surface area contributed by atoms with Gasteiger partial charge in [0.2, 0.25) is 5.91 Å². The van der Waals surface area contributed by atoms with Crippen LogP contribution in [0.1, 0.15) is 29.0 Å². The number of carbonyl (C=O) groups excluding carboxylic acids is 2. The summed E-state index contributed by atoms with van der Waals surface area (Å²) in [6.45, 7) is 1.27. The third kappa shape index (κ3) is 4.51. The second-order valence-corrected chi connectivity index (χ2v) is 8.23. The summed E-state index contributed by atoms with van der Waals surface area (Å²) in [6.07, 6.45) is 2.36. The van der Waals surface area contributed by atoms with Crippen LogP contribution in [0.5, 0.6) is 0 Å². The number of amides is 2. The Morgan fingerprint density at radius 3 is 2.60 bits per heavy atom. The number of thiophene rings is 1. The first kappa shape index (κ1) is 20.1. The normalized spacial score (nSPS) is 14.6. The molecule has 2 N–H and O–H groups in total. The van der Waals surface area contributed by atoms with Crippen LogP contribution in [0, 0.1) is 5.92 Å². The summed E-state index contributed by atoms with van der Waals surface area (Å²) in [4.78, 5) is 38.5. The molecule has 0 aliphatic carbocycles. The van der Waals surface area contributed by atoms with Crippen LogP contribution in [-0.2, 0) is 11.2 Å². The summed E-state index contributed by atoms with van der Waals surface area (Å²) in [5.74, 6) is 0.751. The van der Waals surface area contributed by atoms with E-state index in [2.05, 4.69) is 15.5 Å². The third-order valence-electron chi connectivity index (χ3n) is 5.34. The molecular formula is C21H23N5O3S. The Morgan fingerprint density at radius 1 is 1.13 bits per heavy atom. The number of aromatic nitrogens is 3. The van der Waals surface area contributed by atoms with Gasteiger partial charge in [-0.05, 0) is 48.4 Å². The van der Waals surface area contributed by atoms with Gasteiger partial charge in [0, 0.05) is 25.1 Å². The Kier molecular flexibility index (Phi) is 6.08. The second kappa shape index (κ2) is 9.08. The number of piperidine rings is 1. The van der Waals surface area contributed by atoms with Crippen molar-refractivity contribution in [1.82, 2.24) is 25.0 Å². The van der Waals surface area contributed by atoms with Crippen LogP contribution in [0.4, 0.5) is 0 Å². The smallest absolute Gasteiger partial charge is 0.343 e. The van der Waals surface area contributed by atoms with Crippen LogP contribution in [0.3, 0.4) is 0 Å². The highest BCUT2D eigenvalue weighted by Crippen LogP contribution is 2.22. The quantitative estimate of drug-likeness (QED) is 0.629. The number of carbonyl (C=O) groups is 2. The Bertz CT molecular complexity index is 1050. The molecule has 3 heterocycles. The van der Waals surface area contributed by atoms with Crippen LogP contribution >= 0.6 is 11.3 Å². The monoisotopic (exact) mass is 425 g/mol. The number of H-pyrrole nitrogens is 1. The molecule has 2 aromatic heterocycles. The van der Waals surface area contributed by atoms with E-state index in [1.165, 1.54) is 11.3 Å². The van der Waals surface area contributed by atoms with Crippen molar-refractivity contribution < 1.29 is 9.59 Å². The molecule has 1 saturated heterocycles. The number of benzene rings is 1. The number of hydrogen-bond donors (Lipinski definition) is 2. The third-order valence-corrected chi connectivity index (χ3v) is 6.20. The van der Waals surface area contributed by atoms with Crippen LogP contribution in [0.15, 0.2) is 52.6 Å². The summed E-state index contributed by atoms with van der Waals surface area (Å²) >= 11 is 1.50. The zero-order valence-electron chi connectivity index (χ0n) is 16.4. The highest BCUT2D eigenvalue weighted by molar-refractivity contribution is 7.12. The first-order valence-corrected chi connectivity index (χ1v) is 10.8. The Hall–Kier alpha value is -3.20. The van der Waals surface area contributed by atoms with Gasteiger partial charge in [-0.15, -0.1) is 11.3 Å². The van der Waals surface area contributed by atoms with Crippen molar-refractivity contribution >= 4 is 23.2 Å². The molecule has 0 atom stereocenters. The zero-order valence-corrected chi connectivity index (χ0v) is 17.2. The van der Waals surface area contributed by atoms with Crippen molar-refractivity contribution in [3.05, 3.63) is 69.7 Å². The van der Waals surface area contributed by atoms with Crippen molar-refractivity contribution in [2.45, 2.75) is 19.3 Å². The molecule has 1 aliphatic rings. The van der Waals surface area contributed by atoms with Gasteiger partial charge in [-0.3, -0.25) is 9.59 Å². The Labute approximate surface area is 177 Å². The molecule has 1 fully saturated rings. The van der Waals surface area contributed by atoms with Crippen LogP contribution in [-0.4, -0.2) is 51.1 Å². The topological polar surface area (TPSA) is 100 Å². The molecule has 9 heteroatoms. The second-order valence-electron chi connectivity index (χ2n) is 7.31. The number of nitrogens with zero attached hydrogens (tertiary/aromatic N) is 3. The summed E-state index contributed by atoms with van der Waals surface area (Å²) in [5.41, 5.74) is 0.314. The van der Waals surface area contributed by atoms with Crippen molar-refractivity contribution in [1.29, 1.82) is 0 Å². The molecule has 0 saturated carbocycles. The lowest BCUT2D eigenvalue weighted by Crippen LogP contribution is -2.44. The Morgan fingerprint density at radius 2 is 1.90 bits per heavy atom. The largest absolute Gasteiger partial charge is 0.348 e. The highest BCUT2D eigenvalue weighted by atomic mass is 32.1. The zero-order chi connectivity index (χ0) is 20.9. The fraction of sp³-hybridized carbons (Fsp3) is 0.333. The average molecular weight is 426 g/mol. The minimum Gasteiger partial charge on any atom is -0.343 e. The molecule has 0 unspecified atom stereocenters. The number of aromatic amines is 1. The van der Waals surface area contributed by atoms with E-state index < -0.39 is 0 Å². The summed E-state index contributed by atoms with van der Waals surface area (Å²) in [5, 5.41) is 12.2. The van der Waals surface area contributed by atoms with Crippen molar-refractivity contribution in [3.63, 3.8) is 0 Å². The molecule has 0 spiro atoms. The van der Waals surface area contributed by atoms with E-state index in [0.29, 0.717) is 31.0 Å². The fourth-order valence-electron chi connectivity index (χ4n) is 3.69. The van der Waals surface area contributed by atoms with E-state index in [-0.39, 0.29) is 24.0 Å². The lowest BCUT2D eigenvalue weighted by atomic mass is 9.93. The van der Waals surface area contributed by atoms with Gasteiger partial charge in [0.15, 0.2) is 0 Å². The van der Waals surface area contributed by atoms with Gasteiger partial charge in [0.25, 0.3) is 5.91 Å². The lowest BCUT2D eigenvalue weighted by molar-refractivity contribution is -0.131. The van der Waals surface area contributed by atoms with Gasteiger partial charge < -0.3 is 10.2 Å². The molecule has 156 valence electrons. The standard InChI is InChI=1S/C21H23N5O3S/c27-18(14-22-20(28)16-5-2-1-3-6-16)25-10-8-15(9-11-25)13-17-23-24-21(29)26(17)19-7-4-12-30-19/h1-7,12,15H,8-11,13-14H2,(H,22,28)(H,24,29). The van der Waals surface area contributed by atoms with Crippen LogP contribution in [0.25, 0.3) is 5.00 Å². The molecule has 1 aromatic carbocycles. The molecule has 1 aliphatic heterocycles. The molecule has 30 heavy (non-hydrogen) atoms. The molecule has 0 radical (unpaired) electrons. The minimum absolute atomic E-state index is 0.00429. The van der Waals surface area contributed by atoms with Crippen molar-refractivity contribution in [3.8, 4) is 5.00 Å². The first-order valence-electron chi connectivity index (χ1n) is 9.93. The Balaban J connectivity index is 1.28. The van der Waals surface area contributed by atoms with Crippen LogP contribution in [0.2, 0.25) is 0 Å². The maximum Gasteiger partial charge on any atom is 0.348 e. The SMILES string of the molecule is O=C(NCC(=O)N1CCC(Cc2n[nH]c(=O)n2-c2cccs2)CC1)c1ccccc1. The number of rotatable bonds is 6. The van der Waals surface area contributed by atoms with Crippen molar-refractivity contribution in [2.24, 2.45) is 5.92 Å². The number of nitrogens with one attached hydrogen (secondary N) is 2. The summed E-state index contributed by atoms with van der Waals surface area (Å²) in [7, 11) is 0. The van der Waals surface area contributed by atoms with E-state index in [1.54, 1.807) is 33.7 Å².